The van der Waals surface area contributed by atoms with Crippen molar-refractivity contribution < 1.29 is 37.9 Å². The third kappa shape index (κ3) is 33.8. The monoisotopic (exact) mass is 632 g/mol. The van der Waals surface area contributed by atoms with Gasteiger partial charge in [-0.1, -0.05) is 162 Å². The number of carbonyl (C=O) groups excluding carboxylic acids is 2. The van der Waals surface area contributed by atoms with Crippen LogP contribution >= 0.6 is 7.82 Å². The van der Waals surface area contributed by atoms with E-state index in [-0.39, 0.29) is 19.4 Å². The van der Waals surface area contributed by atoms with E-state index < -0.39 is 32.5 Å². The van der Waals surface area contributed by atoms with Crippen LogP contribution in [0.2, 0.25) is 0 Å². The molecule has 0 unspecified atom stereocenters. The van der Waals surface area contributed by atoms with Crippen LogP contribution in [0.3, 0.4) is 0 Å². The van der Waals surface area contributed by atoms with Gasteiger partial charge in [0.15, 0.2) is 6.10 Å². The molecular weight excluding hydrogens is 567 g/mol. The number of hydrogen-bond donors (Lipinski definition) is 0. The van der Waals surface area contributed by atoms with E-state index in [0.29, 0.717) is 12.8 Å². The Morgan fingerprint density at radius 3 is 1.19 bits per heavy atom. The Morgan fingerprint density at radius 1 is 0.512 bits per heavy atom. The molecule has 0 heterocycles. The predicted molar refractivity (Wildman–Crippen MR) is 170 cm³/mol. The second kappa shape index (κ2) is 31.0. The first-order chi connectivity index (χ1) is 20.8. The highest BCUT2D eigenvalue weighted by atomic mass is 31.2. The zero-order valence-corrected chi connectivity index (χ0v) is 28.7. The maximum Gasteiger partial charge on any atom is 0.306 e. The topological polar surface area (TPSA) is 125 Å². The van der Waals surface area contributed by atoms with Gasteiger partial charge in [0.05, 0.1) is 14.4 Å². The fourth-order valence-corrected chi connectivity index (χ4v) is 5.54. The molecule has 0 N–H and O–H groups in total. The van der Waals surface area contributed by atoms with Crippen molar-refractivity contribution >= 4 is 19.8 Å². The Bertz CT molecular complexity index is 681. The van der Waals surface area contributed by atoms with Gasteiger partial charge in [-0.2, -0.15) is 0 Å². The number of hydrogen-bond acceptors (Lipinski definition) is 8. The molecule has 0 saturated carbocycles. The highest BCUT2D eigenvalue weighted by Crippen LogP contribution is 2.25. The van der Waals surface area contributed by atoms with Gasteiger partial charge in [-0.3, -0.25) is 9.59 Å². The van der Waals surface area contributed by atoms with Crippen LogP contribution in [0.4, 0.5) is 0 Å². The summed E-state index contributed by atoms with van der Waals surface area (Å²) in [5.41, 5.74) is 0. The second-order valence-electron chi connectivity index (χ2n) is 12.2. The van der Waals surface area contributed by atoms with E-state index >= 15 is 0 Å². The summed E-state index contributed by atoms with van der Waals surface area (Å²) in [6.07, 6.45) is 29.3. The van der Waals surface area contributed by atoms with Crippen LogP contribution in [-0.4, -0.2) is 31.3 Å². The lowest BCUT2D eigenvalue weighted by Gasteiger charge is -2.30. The fraction of sp³-hybridized carbons (Fsp3) is 0.941. The third-order valence-corrected chi connectivity index (χ3v) is 8.33. The molecular formula is C34H65O8P-2. The molecule has 0 radical (unpaired) electrons. The lowest BCUT2D eigenvalue weighted by molar-refractivity contribution is -0.343. The SMILES string of the molecule is CCCCCCCCCCCCCCCCC(=O)OC[C@H](COP(=O)([O-])[O-])OC(=O)CCCCCCCCCCCCC. The number of rotatable bonds is 33. The van der Waals surface area contributed by atoms with Gasteiger partial charge in [-0.25, -0.2) is 0 Å². The van der Waals surface area contributed by atoms with Crippen LogP contribution in [0.1, 0.15) is 187 Å². The smallest absolute Gasteiger partial charge is 0.306 e. The molecule has 0 fully saturated rings. The van der Waals surface area contributed by atoms with Gasteiger partial charge in [0, 0.05) is 12.8 Å². The second-order valence-corrected chi connectivity index (χ2v) is 13.3. The van der Waals surface area contributed by atoms with Crippen LogP contribution < -0.4 is 9.79 Å². The van der Waals surface area contributed by atoms with E-state index in [0.717, 1.165) is 32.1 Å². The van der Waals surface area contributed by atoms with E-state index in [9.17, 15) is 23.9 Å². The number of phosphoric acid groups is 1. The van der Waals surface area contributed by atoms with Crippen molar-refractivity contribution in [3.05, 3.63) is 0 Å². The molecule has 0 aromatic carbocycles. The molecule has 0 amide bonds. The van der Waals surface area contributed by atoms with Crippen molar-refractivity contribution in [3.63, 3.8) is 0 Å². The molecule has 9 heteroatoms. The molecule has 0 aromatic rings. The highest BCUT2D eigenvalue weighted by Gasteiger charge is 2.18. The van der Waals surface area contributed by atoms with Crippen LogP contribution in [0.15, 0.2) is 0 Å². The molecule has 8 nitrogen and oxygen atoms in total. The summed E-state index contributed by atoms with van der Waals surface area (Å²) in [6.45, 7) is 3.48. The molecule has 0 bridgehead atoms. The van der Waals surface area contributed by atoms with Crippen molar-refractivity contribution in [2.24, 2.45) is 0 Å². The summed E-state index contributed by atoms with van der Waals surface area (Å²) in [5.74, 6) is -0.947. The standard InChI is InChI=1S/C34H67O8P/c1-3-5-7-9-11-13-15-16-17-19-20-22-24-26-28-33(35)40-30-32(31-41-43(37,38)39)42-34(36)29-27-25-23-21-18-14-12-10-8-6-4-2/h32H,3-31H2,1-2H3,(H2,37,38,39)/p-2/t32-/m1/s1. The summed E-state index contributed by atoms with van der Waals surface area (Å²) in [6, 6.07) is 0. The first kappa shape index (κ1) is 42.0. The third-order valence-electron chi connectivity index (χ3n) is 7.87. The number of carbonyl (C=O) groups is 2. The normalized spacial score (nSPS) is 12.4. The van der Waals surface area contributed by atoms with Gasteiger partial charge in [0.25, 0.3) is 0 Å². The molecule has 0 saturated heterocycles. The molecule has 0 aliphatic heterocycles. The summed E-state index contributed by atoms with van der Waals surface area (Å²) < 4.78 is 25.7. The van der Waals surface area contributed by atoms with Crippen molar-refractivity contribution in [2.45, 2.75) is 193 Å². The van der Waals surface area contributed by atoms with Crippen molar-refractivity contribution in [3.8, 4) is 0 Å². The minimum absolute atomic E-state index is 0.187. The number of unbranched alkanes of at least 4 members (excludes halogenated alkanes) is 23. The van der Waals surface area contributed by atoms with Gasteiger partial charge in [-0.15, -0.1) is 0 Å². The Morgan fingerprint density at radius 2 is 0.837 bits per heavy atom. The van der Waals surface area contributed by atoms with E-state index in [2.05, 4.69) is 18.4 Å². The molecule has 43 heavy (non-hydrogen) atoms. The average molecular weight is 633 g/mol. The Hall–Kier alpha value is -0.950. The van der Waals surface area contributed by atoms with Gasteiger partial charge in [0.2, 0.25) is 0 Å². The zero-order valence-electron chi connectivity index (χ0n) is 27.8. The van der Waals surface area contributed by atoms with Gasteiger partial charge < -0.3 is 28.3 Å². The number of ether oxygens (including phenoxy) is 2. The molecule has 0 rings (SSSR count). The fourth-order valence-electron chi connectivity index (χ4n) is 5.19. The summed E-state index contributed by atoms with van der Waals surface area (Å²) in [5, 5.41) is 0. The summed E-state index contributed by atoms with van der Waals surface area (Å²) >= 11 is 0. The average Bonchev–Trinajstić information content (AvgIpc) is 2.97. The van der Waals surface area contributed by atoms with Crippen LogP contribution in [-0.2, 0) is 28.2 Å². The molecule has 0 aromatic heterocycles. The van der Waals surface area contributed by atoms with Gasteiger partial charge >= 0.3 is 11.9 Å². The van der Waals surface area contributed by atoms with Crippen LogP contribution in [0, 0.1) is 0 Å². The lowest BCUT2D eigenvalue weighted by Crippen LogP contribution is -2.31. The molecule has 0 aliphatic rings. The van der Waals surface area contributed by atoms with Crippen molar-refractivity contribution in [2.75, 3.05) is 13.2 Å². The quantitative estimate of drug-likeness (QED) is 0.0399. The minimum Gasteiger partial charge on any atom is -0.790 e. The van der Waals surface area contributed by atoms with E-state index in [1.807, 2.05) is 0 Å². The lowest BCUT2D eigenvalue weighted by atomic mass is 10.0. The van der Waals surface area contributed by atoms with E-state index in [1.54, 1.807) is 0 Å². The van der Waals surface area contributed by atoms with E-state index in [1.165, 1.54) is 116 Å². The number of phosphoric ester groups is 1. The van der Waals surface area contributed by atoms with Crippen LogP contribution in [0.5, 0.6) is 0 Å². The Balaban J connectivity index is 3.94. The van der Waals surface area contributed by atoms with Gasteiger partial charge in [0.1, 0.15) is 6.61 Å². The van der Waals surface area contributed by atoms with Crippen LogP contribution in [0.25, 0.3) is 0 Å². The van der Waals surface area contributed by atoms with Crippen molar-refractivity contribution in [1.82, 2.24) is 0 Å². The first-order valence-corrected chi connectivity index (χ1v) is 19.3. The maximum atomic E-state index is 12.3. The van der Waals surface area contributed by atoms with Crippen molar-refractivity contribution in [1.29, 1.82) is 0 Å². The van der Waals surface area contributed by atoms with Gasteiger partial charge in [-0.05, 0) is 12.8 Å². The molecule has 256 valence electrons. The largest absolute Gasteiger partial charge is 0.790 e. The number of esters is 2. The summed E-state index contributed by atoms with van der Waals surface area (Å²) in [4.78, 5) is 46.2. The zero-order chi connectivity index (χ0) is 31.9. The van der Waals surface area contributed by atoms with E-state index in [4.69, 9.17) is 9.47 Å². The Labute approximate surface area is 264 Å². The molecule has 0 aliphatic carbocycles. The molecule has 0 spiro atoms. The Kier molecular flexibility index (Phi) is 30.4. The minimum atomic E-state index is -5.24. The maximum absolute atomic E-state index is 12.3. The summed E-state index contributed by atoms with van der Waals surface area (Å²) in [7, 11) is -5.24. The molecule has 1 atom stereocenters. The predicted octanol–water partition coefficient (Wildman–Crippen LogP) is 8.86. The first-order valence-electron chi connectivity index (χ1n) is 17.8. The highest BCUT2D eigenvalue weighted by molar-refractivity contribution is 7.43.